The number of aryl methyl sites for hydroxylation is 1. The van der Waals surface area contributed by atoms with Crippen LogP contribution in [0.1, 0.15) is 11.6 Å². The smallest absolute Gasteiger partial charge is 0.449 e. The fourth-order valence-corrected chi connectivity index (χ4v) is 5.93. The first-order chi connectivity index (χ1) is 16.3. The highest BCUT2D eigenvalue weighted by Gasteiger charge is 2.67. The van der Waals surface area contributed by atoms with Crippen LogP contribution < -0.4 is 11.1 Å². The van der Waals surface area contributed by atoms with E-state index >= 15 is 0 Å². The fourth-order valence-electron chi connectivity index (χ4n) is 3.54. The largest absolute Gasteiger partial charge is 0.512 e. The highest BCUT2D eigenvalue weighted by molar-refractivity contribution is 8.01. The van der Waals surface area contributed by atoms with Crippen molar-refractivity contribution in [3.8, 4) is 0 Å². The highest BCUT2D eigenvalue weighted by Crippen LogP contribution is 2.47. The van der Waals surface area contributed by atoms with Gasteiger partial charge >= 0.3 is 6.16 Å². The van der Waals surface area contributed by atoms with Crippen LogP contribution in [0.5, 0.6) is 0 Å². The molecule has 3 atom stereocenters. The molecule has 15 heteroatoms. The van der Waals surface area contributed by atoms with Crippen LogP contribution in [0.15, 0.2) is 46.9 Å². The lowest BCUT2D eigenvalue weighted by atomic mass is 9.99. The summed E-state index contributed by atoms with van der Waals surface area (Å²) in [5.74, 6) is -0.785. The average Bonchev–Trinajstić information content (AvgIpc) is 3.25. The number of carbonyl (C=O) groups excluding carboxylic acids is 2. The molecule has 1 aromatic carbocycles. The Kier molecular flexibility index (Phi) is 6.79. The van der Waals surface area contributed by atoms with Gasteiger partial charge in [0.2, 0.25) is 16.9 Å². The topological polar surface area (TPSA) is 175 Å². The molecule has 0 radical (unpaired) electrons. The standard InChI is InChI=1S/C19H21N7O6S2/c1-25-17(22-23-24-25)34-9-11-8-33-16-19(31-2,15(28)26(16)14(11)32-18(29)30)21-13(27)12(20)10-6-4-3-5-7-10/h3-7,12,16H,8-9,20H2,1-2H3,(H,21,27)(H,29,30)/t12?,16-,19-/m0/s1. The van der Waals surface area contributed by atoms with Gasteiger partial charge in [0.25, 0.3) is 11.6 Å². The third kappa shape index (κ3) is 4.22. The minimum Gasteiger partial charge on any atom is -0.449 e. The zero-order chi connectivity index (χ0) is 24.5. The van der Waals surface area contributed by atoms with E-state index in [0.717, 1.165) is 0 Å². The molecule has 3 heterocycles. The molecule has 13 nitrogen and oxygen atoms in total. The molecule has 1 saturated heterocycles. The van der Waals surface area contributed by atoms with E-state index < -0.39 is 35.1 Å². The number of ether oxygens (including phenoxy) is 2. The molecule has 2 amide bonds. The number of hydrogen-bond donors (Lipinski definition) is 3. The zero-order valence-electron chi connectivity index (χ0n) is 18.1. The number of aromatic nitrogens is 4. The van der Waals surface area contributed by atoms with Crippen molar-refractivity contribution in [1.82, 2.24) is 30.4 Å². The van der Waals surface area contributed by atoms with Crippen LogP contribution >= 0.6 is 23.5 Å². The molecule has 4 rings (SSSR count). The number of nitrogens with zero attached hydrogens (tertiary/aromatic N) is 5. The van der Waals surface area contributed by atoms with Crippen molar-refractivity contribution in [1.29, 1.82) is 0 Å². The summed E-state index contributed by atoms with van der Waals surface area (Å²) in [6, 6.07) is 7.67. The van der Waals surface area contributed by atoms with Crippen molar-refractivity contribution in [3.63, 3.8) is 0 Å². The van der Waals surface area contributed by atoms with Crippen molar-refractivity contribution in [2.45, 2.75) is 22.3 Å². The van der Waals surface area contributed by atoms with Gasteiger partial charge in [0.05, 0.1) is 0 Å². The van der Waals surface area contributed by atoms with Gasteiger partial charge in [-0.05, 0) is 16.0 Å². The third-order valence-electron chi connectivity index (χ3n) is 5.27. The number of carbonyl (C=O) groups is 3. The van der Waals surface area contributed by atoms with E-state index in [1.54, 1.807) is 37.4 Å². The number of benzene rings is 1. The van der Waals surface area contributed by atoms with Crippen LogP contribution in [-0.2, 0) is 26.1 Å². The first-order valence-electron chi connectivity index (χ1n) is 9.89. The predicted molar refractivity (Wildman–Crippen MR) is 120 cm³/mol. The van der Waals surface area contributed by atoms with Crippen LogP contribution in [0.4, 0.5) is 4.79 Å². The maximum absolute atomic E-state index is 13.2. The molecule has 0 spiro atoms. The summed E-state index contributed by atoms with van der Waals surface area (Å²) in [6.07, 6.45) is -1.57. The SMILES string of the molecule is CO[C@@]1(NC(=O)C(N)c2ccccc2)C(=O)N2C(OC(=O)O)=C(CSc3nnnn3C)CS[C@H]21. The summed E-state index contributed by atoms with van der Waals surface area (Å²) in [4.78, 5) is 38.7. The van der Waals surface area contributed by atoms with E-state index in [9.17, 15) is 19.5 Å². The van der Waals surface area contributed by atoms with Crippen LogP contribution in [-0.4, -0.2) is 77.9 Å². The normalized spacial score (nSPS) is 22.6. The number of thioether (sulfide) groups is 2. The van der Waals surface area contributed by atoms with Gasteiger partial charge in [-0.2, -0.15) is 0 Å². The number of nitrogens with two attached hydrogens (primary N) is 1. The van der Waals surface area contributed by atoms with Gasteiger partial charge in [0, 0.05) is 31.2 Å². The van der Waals surface area contributed by atoms with Gasteiger partial charge in [-0.3, -0.25) is 14.5 Å². The van der Waals surface area contributed by atoms with Gasteiger partial charge in [0.1, 0.15) is 11.4 Å². The van der Waals surface area contributed by atoms with E-state index in [4.69, 9.17) is 15.2 Å². The molecule has 1 fully saturated rings. The average molecular weight is 508 g/mol. The van der Waals surface area contributed by atoms with Gasteiger partial charge in [-0.1, -0.05) is 42.1 Å². The number of carboxylic acid groups (broad SMARTS) is 1. The summed E-state index contributed by atoms with van der Waals surface area (Å²) < 4.78 is 11.9. The summed E-state index contributed by atoms with van der Waals surface area (Å²) in [7, 11) is 2.96. The summed E-state index contributed by atoms with van der Waals surface area (Å²) in [5.41, 5.74) is 5.48. The number of tetrazole rings is 1. The van der Waals surface area contributed by atoms with Gasteiger partial charge < -0.3 is 25.6 Å². The molecule has 4 N–H and O–H groups in total. The maximum atomic E-state index is 13.2. The lowest BCUT2D eigenvalue weighted by Crippen LogP contribution is -2.80. The second-order valence-corrected chi connectivity index (χ2v) is 9.32. The van der Waals surface area contributed by atoms with Crippen molar-refractivity contribution in [2.24, 2.45) is 12.8 Å². The molecule has 0 saturated carbocycles. The molecule has 1 aromatic heterocycles. The Morgan fingerprint density at radius 1 is 1.41 bits per heavy atom. The molecule has 0 aliphatic carbocycles. The molecular formula is C19H21N7O6S2. The second-order valence-electron chi connectivity index (χ2n) is 7.31. The molecular weight excluding hydrogens is 486 g/mol. The molecule has 2 aliphatic heterocycles. The molecule has 2 aliphatic rings. The Labute approximate surface area is 202 Å². The number of β-lactam (4-membered cyclic amide) rings is 1. The highest BCUT2D eigenvalue weighted by atomic mass is 32.2. The minimum atomic E-state index is -1.71. The Balaban J connectivity index is 1.55. The Morgan fingerprint density at radius 2 is 2.15 bits per heavy atom. The lowest BCUT2D eigenvalue weighted by molar-refractivity contribution is -0.195. The number of rotatable bonds is 8. The summed E-state index contributed by atoms with van der Waals surface area (Å²) in [6.45, 7) is 0. The van der Waals surface area contributed by atoms with E-state index in [2.05, 4.69) is 20.8 Å². The molecule has 0 bridgehead atoms. The number of methoxy groups -OCH3 is 1. The van der Waals surface area contributed by atoms with Gasteiger partial charge in [0.15, 0.2) is 0 Å². The van der Waals surface area contributed by atoms with E-state index in [1.165, 1.54) is 40.2 Å². The van der Waals surface area contributed by atoms with Crippen molar-refractivity contribution >= 4 is 41.5 Å². The number of amides is 2. The Morgan fingerprint density at radius 3 is 2.76 bits per heavy atom. The van der Waals surface area contributed by atoms with Gasteiger partial charge in [-0.15, -0.1) is 16.9 Å². The van der Waals surface area contributed by atoms with Crippen LogP contribution in [0.25, 0.3) is 0 Å². The minimum absolute atomic E-state index is 0.113. The third-order valence-corrected chi connectivity index (χ3v) is 7.74. The first-order valence-corrected chi connectivity index (χ1v) is 11.9. The number of nitrogens with one attached hydrogen (secondary N) is 1. The molecule has 1 unspecified atom stereocenters. The summed E-state index contributed by atoms with van der Waals surface area (Å²) >= 11 is 2.56. The van der Waals surface area contributed by atoms with Crippen LogP contribution in [0, 0.1) is 0 Å². The van der Waals surface area contributed by atoms with E-state index in [0.29, 0.717) is 22.0 Å². The molecule has 180 valence electrons. The molecule has 2 aromatic rings. The Hall–Kier alpha value is -3.14. The fraction of sp³-hybridized carbons (Fsp3) is 0.368. The number of fused-ring (bicyclic) bond motifs is 1. The second kappa shape index (κ2) is 9.61. The van der Waals surface area contributed by atoms with Gasteiger partial charge in [-0.25, -0.2) is 9.48 Å². The van der Waals surface area contributed by atoms with Crippen molar-refractivity contribution < 1.29 is 29.0 Å². The Bertz CT molecular complexity index is 1140. The van der Waals surface area contributed by atoms with Crippen LogP contribution in [0.2, 0.25) is 0 Å². The lowest BCUT2D eigenvalue weighted by Gasteiger charge is -2.55. The van der Waals surface area contributed by atoms with Crippen molar-refractivity contribution in [3.05, 3.63) is 47.4 Å². The van der Waals surface area contributed by atoms with Crippen molar-refractivity contribution in [2.75, 3.05) is 18.6 Å². The number of hydrogen-bond acceptors (Lipinski definition) is 11. The van der Waals surface area contributed by atoms with Crippen LogP contribution in [0.3, 0.4) is 0 Å². The van der Waals surface area contributed by atoms with E-state index in [-0.39, 0.29) is 11.6 Å². The zero-order valence-corrected chi connectivity index (χ0v) is 19.7. The quantitative estimate of drug-likeness (QED) is 0.193. The summed E-state index contributed by atoms with van der Waals surface area (Å²) in [5, 5.41) is 22.8. The predicted octanol–water partition coefficient (Wildman–Crippen LogP) is 0.282. The first kappa shape index (κ1) is 24.0. The monoisotopic (exact) mass is 507 g/mol. The maximum Gasteiger partial charge on any atom is 0.512 e. The van der Waals surface area contributed by atoms with E-state index in [1.807, 2.05) is 0 Å². The molecule has 34 heavy (non-hydrogen) atoms.